The monoisotopic (exact) mass is 282 g/mol. The Kier molecular flexibility index (Phi) is 3.71. The summed E-state index contributed by atoms with van der Waals surface area (Å²) in [4.78, 5) is 22.9. The Hall–Kier alpha value is -1.69. The minimum Gasteiger partial charge on any atom is -0.426 e. The van der Waals surface area contributed by atoms with Crippen LogP contribution in [0.25, 0.3) is 0 Å². The van der Waals surface area contributed by atoms with Gasteiger partial charge in [-0.3, -0.25) is 9.59 Å². The minimum absolute atomic E-state index is 0.0377. The first-order valence-corrected chi connectivity index (χ1v) is 7.73. The van der Waals surface area contributed by atoms with Gasteiger partial charge in [-0.2, -0.15) is 0 Å². The van der Waals surface area contributed by atoms with E-state index in [4.69, 9.17) is 4.74 Å². The third-order valence-electron chi connectivity index (χ3n) is 3.05. The van der Waals surface area contributed by atoms with Crippen LogP contribution in [-0.2, 0) is 14.6 Å². The first kappa shape index (κ1) is 13.7. The van der Waals surface area contributed by atoms with E-state index < -0.39 is 21.7 Å². The van der Waals surface area contributed by atoms with Crippen LogP contribution in [0.5, 0.6) is 5.75 Å². The van der Waals surface area contributed by atoms with Crippen LogP contribution in [0.1, 0.15) is 23.7 Å². The fraction of sp³-hybridized carbons (Fsp3) is 0.385. The van der Waals surface area contributed by atoms with Crippen molar-refractivity contribution in [2.24, 2.45) is 5.92 Å². The van der Waals surface area contributed by atoms with Gasteiger partial charge in [-0.15, -0.1) is 0 Å². The SMILES string of the molecule is CC(=O)c1ccc(OC(=O)[C@H]2CCS(=O)(=O)C2)cc1. The number of sulfone groups is 1. The summed E-state index contributed by atoms with van der Waals surface area (Å²) in [7, 11) is -3.10. The Balaban J connectivity index is 2.01. The maximum absolute atomic E-state index is 11.8. The largest absolute Gasteiger partial charge is 0.426 e. The second-order valence-corrected chi connectivity index (χ2v) is 6.83. The highest BCUT2D eigenvalue weighted by Gasteiger charge is 2.34. The predicted octanol–water partition coefficient (Wildman–Crippen LogP) is 1.23. The number of benzene rings is 1. The first-order chi connectivity index (χ1) is 8.87. The zero-order valence-electron chi connectivity index (χ0n) is 10.5. The molecule has 102 valence electrons. The van der Waals surface area contributed by atoms with E-state index in [0.717, 1.165) is 0 Å². The molecule has 19 heavy (non-hydrogen) atoms. The zero-order valence-corrected chi connectivity index (χ0v) is 11.3. The first-order valence-electron chi connectivity index (χ1n) is 5.90. The lowest BCUT2D eigenvalue weighted by Crippen LogP contribution is -2.21. The highest BCUT2D eigenvalue weighted by molar-refractivity contribution is 7.91. The van der Waals surface area contributed by atoms with Crippen molar-refractivity contribution in [2.45, 2.75) is 13.3 Å². The Morgan fingerprint density at radius 1 is 1.21 bits per heavy atom. The second-order valence-electron chi connectivity index (χ2n) is 4.60. The van der Waals surface area contributed by atoms with Gasteiger partial charge < -0.3 is 4.74 Å². The molecular formula is C13H14O5S. The molecule has 1 aliphatic heterocycles. The summed E-state index contributed by atoms with van der Waals surface area (Å²) < 4.78 is 27.7. The van der Waals surface area contributed by atoms with E-state index in [9.17, 15) is 18.0 Å². The fourth-order valence-corrected chi connectivity index (χ4v) is 3.66. The van der Waals surface area contributed by atoms with Crippen LogP contribution in [-0.4, -0.2) is 31.7 Å². The number of ketones is 1. The van der Waals surface area contributed by atoms with Gasteiger partial charge in [-0.05, 0) is 37.6 Å². The molecule has 1 aromatic carbocycles. The van der Waals surface area contributed by atoms with Gasteiger partial charge in [0.15, 0.2) is 15.6 Å². The van der Waals surface area contributed by atoms with Crippen molar-refractivity contribution in [2.75, 3.05) is 11.5 Å². The molecule has 1 aliphatic rings. The topological polar surface area (TPSA) is 77.5 Å². The number of hydrogen-bond acceptors (Lipinski definition) is 5. The number of ether oxygens (including phenoxy) is 1. The number of esters is 1. The summed E-state index contributed by atoms with van der Waals surface area (Å²) >= 11 is 0. The average Bonchev–Trinajstić information content (AvgIpc) is 2.70. The van der Waals surface area contributed by atoms with Crippen LogP contribution in [0.2, 0.25) is 0 Å². The van der Waals surface area contributed by atoms with Crippen molar-refractivity contribution in [3.8, 4) is 5.75 Å². The molecule has 0 aliphatic carbocycles. The molecule has 0 saturated carbocycles. The van der Waals surface area contributed by atoms with Crippen LogP contribution < -0.4 is 4.74 Å². The van der Waals surface area contributed by atoms with E-state index in [1.54, 1.807) is 12.1 Å². The minimum atomic E-state index is -3.10. The molecule has 0 amide bonds. The van der Waals surface area contributed by atoms with Crippen molar-refractivity contribution < 1.29 is 22.7 Å². The van der Waals surface area contributed by atoms with Gasteiger partial charge in [0, 0.05) is 5.56 Å². The van der Waals surface area contributed by atoms with E-state index in [2.05, 4.69) is 0 Å². The molecule has 6 heteroatoms. The highest BCUT2D eigenvalue weighted by atomic mass is 32.2. The molecule has 0 aromatic heterocycles. The van der Waals surface area contributed by atoms with Crippen LogP contribution in [0.4, 0.5) is 0 Å². The molecule has 1 saturated heterocycles. The van der Waals surface area contributed by atoms with Gasteiger partial charge in [0.05, 0.1) is 17.4 Å². The maximum Gasteiger partial charge on any atom is 0.315 e. The molecule has 0 spiro atoms. The van der Waals surface area contributed by atoms with Crippen molar-refractivity contribution in [1.29, 1.82) is 0 Å². The molecule has 1 heterocycles. The van der Waals surface area contributed by atoms with Crippen LogP contribution in [0.3, 0.4) is 0 Å². The highest BCUT2D eigenvalue weighted by Crippen LogP contribution is 2.21. The van der Waals surface area contributed by atoms with E-state index in [0.29, 0.717) is 17.7 Å². The number of carbonyl (C=O) groups excluding carboxylic acids is 2. The molecule has 0 radical (unpaired) electrons. The summed E-state index contributed by atoms with van der Waals surface area (Å²) in [6.45, 7) is 1.45. The Labute approximate surface area is 111 Å². The zero-order chi connectivity index (χ0) is 14.0. The number of carbonyl (C=O) groups is 2. The van der Waals surface area contributed by atoms with Gasteiger partial charge in [0.25, 0.3) is 0 Å². The lowest BCUT2D eigenvalue weighted by molar-refractivity contribution is -0.138. The van der Waals surface area contributed by atoms with Crippen molar-refractivity contribution in [3.05, 3.63) is 29.8 Å². The molecule has 1 fully saturated rings. The third-order valence-corrected chi connectivity index (χ3v) is 4.81. The predicted molar refractivity (Wildman–Crippen MR) is 68.8 cm³/mol. The standard InChI is InChI=1S/C13H14O5S/c1-9(14)10-2-4-12(5-3-10)18-13(15)11-6-7-19(16,17)8-11/h2-5,11H,6-8H2,1H3/t11-/m0/s1. The smallest absolute Gasteiger partial charge is 0.315 e. The molecule has 0 bridgehead atoms. The Morgan fingerprint density at radius 3 is 2.32 bits per heavy atom. The maximum atomic E-state index is 11.8. The third kappa shape index (κ3) is 3.41. The Morgan fingerprint density at radius 2 is 1.84 bits per heavy atom. The molecule has 2 rings (SSSR count). The molecule has 1 aromatic rings. The molecular weight excluding hydrogens is 268 g/mol. The molecule has 1 atom stereocenters. The van der Waals surface area contributed by atoms with Gasteiger partial charge in [0.2, 0.25) is 0 Å². The molecule has 0 N–H and O–H groups in total. The lowest BCUT2D eigenvalue weighted by Gasteiger charge is -2.08. The average molecular weight is 282 g/mol. The quantitative estimate of drug-likeness (QED) is 0.473. The van der Waals surface area contributed by atoms with Crippen molar-refractivity contribution >= 4 is 21.6 Å². The lowest BCUT2D eigenvalue weighted by atomic mass is 10.1. The van der Waals surface area contributed by atoms with Gasteiger partial charge >= 0.3 is 5.97 Å². The van der Waals surface area contributed by atoms with Crippen molar-refractivity contribution in [1.82, 2.24) is 0 Å². The van der Waals surface area contributed by atoms with Crippen molar-refractivity contribution in [3.63, 3.8) is 0 Å². The van der Waals surface area contributed by atoms with Gasteiger partial charge in [-0.25, -0.2) is 8.42 Å². The molecule has 0 unspecified atom stereocenters. The number of rotatable bonds is 3. The summed E-state index contributed by atoms with van der Waals surface area (Å²) in [5.74, 6) is -0.971. The Bertz CT molecular complexity index is 600. The van der Waals surface area contributed by atoms with E-state index in [1.807, 2.05) is 0 Å². The van der Waals surface area contributed by atoms with Crippen LogP contribution in [0, 0.1) is 5.92 Å². The van der Waals surface area contributed by atoms with Gasteiger partial charge in [-0.1, -0.05) is 0 Å². The summed E-state index contributed by atoms with van der Waals surface area (Å²) in [6, 6.07) is 6.18. The number of hydrogen-bond donors (Lipinski definition) is 0. The summed E-state index contributed by atoms with van der Waals surface area (Å²) in [6.07, 6.45) is 0.312. The summed E-state index contributed by atoms with van der Waals surface area (Å²) in [5.41, 5.74) is 0.531. The van der Waals surface area contributed by atoms with Gasteiger partial charge in [0.1, 0.15) is 5.75 Å². The van der Waals surface area contributed by atoms with E-state index in [-0.39, 0.29) is 17.3 Å². The second kappa shape index (κ2) is 5.13. The van der Waals surface area contributed by atoms with E-state index >= 15 is 0 Å². The summed E-state index contributed by atoms with van der Waals surface area (Å²) in [5, 5.41) is 0. The van der Waals surface area contributed by atoms with E-state index in [1.165, 1.54) is 19.1 Å². The van der Waals surface area contributed by atoms with Crippen LogP contribution >= 0.6 is 0 Å². The molecule has 5 nitrogen and oxygen atoms in total. The number of Topliss-reactive ketones (excluding diaryl/α,β-unsaturated/α-hetero) is 1. The van der Waals surface area contributed by atoms with Crippen LogP contribution in [0.15, 0.2) is 24.3 Å². The normalized spacial score (nSPS) is 21.0. The fourth-order valence-electron chi connectivity index (χ4n) is 1.94.